The highest BCUT2D eigenvalue weighted by Gasteiger charge is 2.39. The van der Waals surface area contributed by atoms with Crippen LogP contribution in [0.4, 0.5) is 5.82 Å². The van der Waals surface area contributed by atoms with Crippen LogP contribution in [-0.4, -0.2) is 66.4 Å². The molecular weight excluding hydrogens is 478 g/mol. The SMILES string of the molecule is CN(C[C@@H]1C[C@@H](O)[C@H](n2ccc3c(N)ncnc32)O1)C1CC(CCc2nc3ccc(C(C)(C)C)cc3[nH]2)C1. The first-order chi connectivity index (χ1) is 18.2. The van der Waals surface area contributed by atoms with Gasteiger partial charge < -0.3 is 30.0 Å². The summed E-state index contributed by atoms with van der Waals surface area (Å²) < 4.78 is 8.18. The van der Waals surface area contributed by atoms with Gasteiger partial charge in [-0.1, -0.05) is 26.8 Å². The topological polar surface area (TPSA) is 118 Å². The normalized spacial score (nSPS) is 26.0. The number of nitrogen functional groups attached to an aromatic ring is 1. The summed E-state index contributed by atoms with van der Waals surface area (Å²) in [5.74, 6) is 2.25. The van der Waals surface area contributed by atoms with E-state index in [9.17, 15) is 5.11 Å². The van der Waals surface area contributed by atoms with Crippen molar-refractivity contribution in [2.45, 2.75) is 82.8 Å². The van der Waals surface area contributed by atoms with E-state index in [4.69, 9.17) is 15.5 Å². The van der Waals surface area contributed by atoms with Crippen molar-refractivity contribution in [3.8, 4) is 0 Å². The zero-order valence-corrected chi connectivity index (χ0v) is 22.8. The molecule has 38 heavy (non-hydrogen) atoms. The van der Waals surface area contributed by atoms with Gasteiger partial charge in [-0.05, 0) is 61.4 Å². The van der Waals surface area contributed by atoms with E-state index in [-0.39, 0.29) is 11.5 Å². The average molecular weight is 518 g/mol. The summed E-state index contributed by atoms with van der Waals surface area (Å²) in [6, 6.07) is 9.01. The molecule has 1 saturated heterocycles. The number of likely N-dealkylation sites (N-methyl/N-ethyl adjacent to an activating group) is 1. The van der Waals surface area contributed by atoms with Gasteiger partial charge in [-0.2, -0.15) is 0 Å². The van der Waals surface area contributed by atoms with E-state index in [2.05, 4.69) is 65.9 Å². The molecule has 9 nitrogen and oxygen atoms in total. The molecule has 9 heteroatoms. The van der Waals surface area contributed by atoms with Crippen molar-refractivity contribution < 1.29 is 9.84 Å². The van der Waals surface area contributed by atoms with Crippen LogP contribution in [0.5, 0.6) is 0 Å². The van der Waals surface area contributed by atoms with Crippen molar-refractivity contribution in [1.82, 2.24) is 29.4 Å². The molecule has 6 rings (SSSR count). The van der Waals surface area contributed by atoms with E-state index >= 15 is 0 Å². The molecule has 0 bridgehead atoms. The largest absolute Gasteiger partial charge is 0.388 e. The van der Waals surface area contributed by atoms with E-state index in [1.165, 1.54) is 24.7 Å². The van der Waals surface area contributed by atoms with Gasteiger partial charge >= 0.3 is 0 Å². The van der Waals surface area contributed by atoms with Crippen molar-refractivity contribution in [3.05, 3.63) is 48.2 Å². The first kappa shape index (κ1) is 25.3. The van der Waals surface area contributed by atoms with E-state index in [0.29, 0.717) is 23.9 Å². The molecular formula is C29H39N7O2. The Kier molecular flexibility index (Phi) is 6.40. The van der Waals surface area contributed by atoms with Crippen molar-refractivity contribution in [2.75, 3.05) is 19.3 Å². The number of nitrogens with one attached hydrogen (secondary N) is 1. The van der Waals surface area contributed by atoms with Crippen LogP contribution in [0, 0.1) is 5.92 Å². The number of ether oxygens (including phenoxy) is 1. The molecule has 202 valence electrons. The number of hydrogen-bond donors (Lipinski definition) is 3. The fourth-order valence-corrected chi connectivity index (χ4v) is 6.05. The number of aliphatic hydroxyl groups excluding tert-OH is 1. The summed E-state index contributed by atoms with van der Waals surface area (Å²) >= 11 is 0. The van der Waals surface area contributed by atoms with Crippen LogP contribution in [0.2, 0.25) is 0 Å². The Balaban J connectivity index is 0.990. The van der Waals surface area contributed by atoms with Crippen LogP contribution in [0.3, 0.4) is 0 Å². The number of hydrogen-bond acceptors (Lipinski definition) is 7. The fourth-order valence-electron chi connectivity index (χ4n) is 6.05. The van der Waals surface area contributed by atoms with E-state index in [1.807, 2.05) is 16.8 Å². The molecule has 4 heterocycles. The number of nitrogens with two attached hydrogens (primary N) is 1. The first-order valence-corrected chi connectivity index (χ1v) is 13.8. The third kappa shape index (κ3) is 4.79. The van der Waals surface area contributed by atoms with Crippen LogP contribution in [0.1, 0.15) is 64.1 Å². The number of benzene rings is 1. The Labute approximate surface area is 223 Å². The number of H-pyrrole nitrogens is 1. The maximum Gasteiger partial charge on any atom is 0.161 e. The molecule has 4 aromatic rings. The monoisotopic (exact) mass is 517 g/mol. The minimum Gasteiger partial charge on any atom is -0.388 e. The highest BCUT2D eigenvalue weighted by Crippen LogP contribution is 2.37. The highest BCUT2D eigenvalue weighted by molar-refractivity contribution is 5.86. The van der Waals surface area contributed by atoms with Gasteiger partial charge in [0.1, 0.15) is 29.7 Å². The second-order valence-electron chi connectivity index (χ2n) is 12.3. The Bertz CT molecular complexity index is 1430. The molecule has 4 N–H and O–H groups in total. The molecule has 0 spiro atoms. The zero-order chi connectivity index (χ0) is 26.6. The summed E-state index contributed by atoms with van der Waals surface area (Å²) in [6.07, 6.45) is 7.39. The van der Waals surface area contributed by atoms with E-state index < -0.39 is 12.3 Å². The third-order valence-electron chi connectivity index (χ3n) is 8.49. The van der Waals surface area contributed by atoms with Crippen LogP contribution < -0.4 is 5.73 Å². The summed E-state index contributed by atoms with van der Waals surface area (Å²) in [7, 11) is 2.18. The molecule has 1 aliphatic carbocycles. The Morgan fingerprint density at radius 2 is 2.00 bits per heavy atom. The Morgan fingerprint density at radius 1 is 1.18 bits per heavy atom. The predicted octanol–water partition coefficient (Wildman–Crippen LogP) is 4.18. The standard InChI is InChI=1S/C29H39N7O2/c1-29(2,3)18-6-7-22-23(13-18)34-25(33-22)8-5-17-11-19(12-17)35(4)15-20-14-24(37)28(38-20)36-10-9-21-26(30)31-16-32-27(21)36/h6-7,9-10,13,16-17,19-20,24,28,37H,5,8,11-12,14-15H2,1-4H3,(H,33,34)(H2,30,31,32)/t17?,19?,20-,24+,28+/m0/s1. The molecule has 1 aromatic carbocycles. The number of aryl methyl sites for hydroxylation is 1. The minimum absolute atomic E-state index is 0.0239. The van der Waals surface area contributed by atoms with Gasteiger partial charge in [-0.25, -0.2) is 15.0 Å². The number of fused-ring (bicyclic) bond motifs is 2. The lowest BCUT2D eigenvalue weighted by atomic mass is 9.76. The Morgan fingerprint density at radius 3 is 2.79 bits per heavy atom. The minimum atomic E-state index is -0.586. The molecule has 1 saturated carbocycles. The maximum absolute atomic E-state index is 10.8. The maximum atomic E-state index is 10.8. The van der Waals surface area contributed by atoms with Gasteiger partial charge in [0.25, 0.3) is 0 Å². The van der Waals surface area contributed by atoms with Gasteiger partial charge in [0, 0.05) is 31.6 Å². The molecule has 3 aromatic heterocycles. The van der Waals surface area contributed by atoms with Crippen molar-refractivity contribution >= 4 is 27.9 Å². The molecule has 1 aliphatic heterocycles. The van der Waals surface area contributed by atoms with Crippen molar-refractivity contribution in [3.63, 3.8) is 0 Å². The van der Waals surface area contributed by atoms with E-state index in [0.717, 1.165) is 47.5 Å². The van der Waals surface area contributed by atoms with Crippen molar-refractivity contribution in [1.29, 1.82) is 0 Å². The van der Waals surface area contributed by atoms with Crippen LogP contribution in [-0.2, 0) is 16.6 Å². The van der Waals surface area contributed by atoms with Crippen molar-refractivity contribution in [2.24, 2.45) is 5.92 Å². The van der Waals surface area contributed by atoms with E-state index in [1.54, 1.807) is 0 Å². The summed E-state index contributed by atoms with van der Waals surface area (Å²) in [5.41, 5.74) is 10.3. The zero-order valence-electron chi connectivity index (χ0n) is 22.8. The third-order valence-corrected chi connectivity index (χ3v) is 8.49. The lowest BCUT2D eigenvalue weighted by Gasteiger charge is -2.42. The highest BCUT2D eigenvalue weighted by atomic mass is 16.5. The quantitative estimate of drug-likeness (QED) is 0.337. The van der Waals surface area contributed by atoms with Gasteiger partial charge in [0.2, 0.25) is 0 Å². The predicted molar refractivity (Wildman–Crippen MR) is 149 cm³/mol. The number of aromatic nitrogens is 5. The molecule has 3 atom stereocenters. The fraction of sp³-hybridized carbons (Fsp3) is 0.552. The number of rotatable bonds is 7. The molecule has 2 fully saturated rings. The Hall–Kier alpha value is -3.01. The van der Waals surface area contributed by atoms with Gasteiger partial charge in [0.05, 0.1) is 22.5 Å². The lowest BCUT2D eigenvalue weighted by molar-refractivity contribution is -0.0488. The molecule has 0 unspecified atom stereocenters. The second-order valence-corrected chi connectivity index (χ2v) is 12.3. The van der Waals surface area contributed by atoms with Gasteiger partial charge in [-0.15, -0.1) is 0 Å². The van der Waals surface area contributed by atoms with Crippen LogP contribution in [0.15, 0.2) is 36.8 Å². The van der Waals surface area contributed by atoms with Crippen LogP contribution in [0.25, 0.3) is 22.1 Å². The van der Waals surface area contributed by atoms with Gasteiger partial charge in [0.15, 0.2) is 6.23 Å². The second kappa shape index (κ2) is 9.63. The number of imidazole rings is 1. The van der Waals surface area contributed by atoms with Gasteiger partial charge in [-0.3, -0.25) is 0 Å². The smallest absolute Gasteiger partial charge is 0.161 e. The molecule has 0 radical (unpaired) electrons. The number of aliphatic hydroxyl groups is 1. The summed E-state index contributed by atoms with van der Waals surface area (Å²) in [4.78, 5) is 19.2. The number of anilines is 1. The molecule has 2 aliphatic rings. The van der Waals surface area contributed by atoms with Crippen LogP contribution >= 0.6 is 0 Å². The summed E-state index contributed by atoms with van der Waals surface area (Å²) in [5, 5.41) is 11.5. The molecule has 0 amide bonds. The first-order valence-electron chi connectivity index (χ1n) is 13.8. The number of aromatic amines is 1. The average Bonchev–Trinajstić information content (AvgIpc) is 3.53. The lowest BCUT2D eigenvalue weighted by Crippen LogP contribution is -2.45. The summed E-state index contributed by atoms with van der Waals surface area (Å²) in [6.45, 7) is 7.53. The number of nitrogens with zero attached hydrogens (tertiary/aromatic N) is 5.